The van der Waals surface area contributed by atoms with Crippen LogP contribution in [0.2, 0.25) is 0 Å². The largest absolute Gasteiger partial charge is 0.396 e. The number of carbonyl (C=O) groups excluding carboxylic acids is 2. The van der Waals surface area contributed by atoms with Crippen LogP contribution in [-0.4, -0.2) is 64.1 Å². The normalized spacial score (nSPS) is 15.6. The van der Waals surface area contributed by atoms with Crippen molar-refractivity contribution in [3.8, 4) is 0 Å². The minimum absolute atomic E-state index is 0.0585. The second-order valence-electron chi connectivity index (χ2n) is 4.61. The van der Waals surface area contributed by atoms with Gasteiger partial charge in [0.15, 0.2) is 0 Å². The van der Waals surface area contributed by atoms with Crippen molar-refractivity contribution in [1.82, 2.24) is 9.80 Å². The molecule has 1 aliphatic rings. The van der Waals surface area contributed by atoms with Gasteiger partial charge in [0.05, 0.1) is 0 Å². The zero-order valence-corrected chi connectivity index (χ0v) is 11.9. The first kappa shape index (κ1) is 15.3. The molecule has 0 aromatic heterocycles. The molecule has 2 amide bonds. The molecule has 0 aliphatic carbocycles. The first-order chi connectivity index (χ1) is 8.56. The van der Waals surface area contributed by atoms with Crippen LogP contribution >= 0.6 is 11.8 Å². The van der Waals surface area contributed by atoms with Crippen LogP contribution < -0.4 is 0 Å². The Morgan fingerprint density at radius 2 is 2.28 bits per heavy atom. The first-order valence-corrected chi connectivity index (χ1v) is 7.37. The van der Waals surface area contributed by atoms with E-state index in [1.165, 1.54) is 11.8 Å². The number of amides is 2. The van der Waals surface area contributed by atoms with Crippen LogP contribution in [0.4, 0.5) is 4.79 Å². The number of thioether (sulfide) groups is 1. The summed E-state index contributed by atoms with van der Waals surface area (Å²) in [5, 5.41) is 8.90. The molecule has 0 bridgehead atoms. The van der Waals surface area contributed by atoms with Crippen LogP contribution in [0.25, 0.3) is 0 Å². The van der Waals surface area contributed by atoms with Crippen molar-refractivity contribution in [1.29, 1.82) is 0 Å². The third kappa shape index (κ3) is 4.49. The third-order valence-corrected chi connectivity index (χ3v) is 3.83. The lowest BCUT2D eigenvalue weighted by Gasteiger charge is -2.27. The molecule has 1 rings (SSSR count). The number of hydrogen-bond donors (Lipinski definition) is 1. The second-order valence-corrected chi connectivity index (χ2v) is 5.66. The Kier molecular flexibility index (Phi) is 6.49. The monoisotopic (exact) mass is 274 g/mol. The Labute approximate surface area is 113 Å². The molecule has 1 saturated heterocycles. The number of aliphatic hydroxyl groups is 1. The Morgan fingerprint density at radius 1 is 1.56 bits per heavy atom. The molecule has 5 nitrogen and oxygen atoms in total. The van der Waals surface area contributed by atoms with Gasteiger partial charge in [-0.05, 0) is 20.3 Å². The molecule has 104 valence electrons. The maximum absolute atomic E-state index is 12.1. The topological polar surface area (TPSA) is 60.9 Å². The van der Waals surface area contributed by atoms with Crippen LogP contribution in [0.15, 0.2) is 0 Å². The highest BCUT2D eigenvalue weighted by molar-refractivity contribution is 8.13. The number of rotatable bonds is 7. The molecule has 1 N–H and O–H groups in total. The van der Waals surface area contributed by atoms with Gasteiger partial charge in [-0.15, -0.1) is 0 Å². The van der Waals surface area contributed by atoms with Crippen molar-refractivity contribution in [3.05, 3.63) is 0 Å². The summed E-state index contributed by atoms with van der Waals surface area (Å²) in [5.41, 5.74) is 0. The lowest BCUT2D eigenvalue weighted by atomic mass is 10.2. The average Bonchev–Trinajstić information content (AvgIpc) is 2.72. The molecule has 0 radical (unpaired) electrons. The molecule has 0 atom stereocenters. The summed E-state index contributed by atoms with van der Waals surface area (Å²) >= 11 is 1.31. The summed E-state index contributed by atoms with van der Waals surface area (Å²) in [6.07, 6.45) is 0.971. The SMILES string of the molecule is CC(C)N(CCCO)C(=O)CCN1CCSC1=O. The minimum atomic E-state index is 0.0585. The van der Waals surface area contributed by atoms with Crippen molar-refractivity contribution in [2.45, 2.75) is 32.7 Å². The van der Waals surface area contributed by atoms with Crippen LogP contribution in [0, 0.1) is 0 Å². The molecule has 0 spiro atoms. The Morgan fingerprint density at radius 3 is 2.78 bits per heavy atom. The predicted octanol–water partition coefficient (Wildman–Crippen LogP) is 1.16. The van der Waals surface area contributed by atoms with Gasteiger partial charge in [-0.3, -0.25) is 9.59 Å². The van der Waals surface area contributed by atoms with E-state index in [0.29, 0.717) is 25.9 Å². The summed E-state index contributed by atoms with van der Waals surface area (Å²) < 4.78 is 0. The van der Waals surface area contributed by atoms with Crippen LogP contribution in [0.5, 0.6) is 0 Å². The van der Waals surface area contributed by atoms with Gasteiger partial charge in [0.1, 0.15) is 0 Å². The molecule has 18 heavy (non-hydrogen) atoms. The van der Waals surface area contributed by atoms with Gasteiger partial charge in [0, 0.05) is 44.5 Å². The van der Waals surface area contributed by atoms with Crippen molar-refractivity contribution in [2.75, 3.05) is 32.0 Å². The Balaban J connectivity index is 2.38. The zero-order valence-electron chi connectivity index (χ0n) is 11.1. The highest BCUT2D eigenvalue weighted by Gasteiger charge is 2.23. The van der Waals surface area contributed by atoms with Crippen molar-refractivity contribution < 1.29 is 14.7 Å². The molecular weight excluding hydrogens is 252 g/mol. The second kappa shape index (κ2) is 7.63. The number of nitrogens with zero attached hydrogens (tertiary/aromatic N) is 2. The highest BCUT2D eigenvalue weighted by atomic mass is 32.2. The van der Waals surface area contributed by atoms with E-state index in [0.717, 1.165) is 12.3 Å². The van der Waals surface area contributed by atoms with E-state index in [1.807, 2.05) is 13.8 Å². The molecular formula is C12H22N2O3S. The van der Waals surface area contributed by atoms with Gasteiger partial charge in [-0.1, -0.05) is 11.8 Å². The van der Waals surface area contributed by atoms with Crippen LogP contribution in [-0.2, 0) is 4.79 Å². The molecule has 0 aromatic carbocycles. The molecule has 0 saturated carbocycles. The molecule has 1 heterocycles. The van der Waals surface area contributed by atoms with Gasteiger partial charge in [0.25, 0.3) is 5.24 Å². The summed E-state index contributed by atoms with van der Waals surface area (Å²) in [6.45, 7) is 5.85. The maximum atomic E-state index is 12.1. The van der Waals surface area contributed by atoms with Gasteiger partial charge in [-0.2, -0.15) is 0 Å². The zero-order chi connectivity index (χ0) is 13.5. The van der Waals surface area contributed by atoms with Crippen LogP contribution in [0.1, 0.15) is 26.7 Å². The summed E-state index contributed by atoms with van der Waals surface area (Å²) in [4.78, 5) is 26.9. The lowest BCUT2D eigenvalue weighted by molar-refractivity contribution is -0.133. The Bertz CT molecular complexity index is 297. The summed E-state index contributed by atoms with van der Waals surface area (Å²) in [6, 6.07) is 0.132. The summed E-state index contributed by atoms with van der Waals surface area (Å²) in [5.74, 6) is 0.883. The molecule has 0 aromatic rings. The van der Waals surface area contributed by atoms with E-state index in [2.05, 4.69) is 0 Å². The van der Waals surface area contributed by atoms with Crippen molar-refractivity contribution in [2.24, 2.45) is 0 Å². The van der Waals surface area contributed by atoms with E-state index >= 15 is 0 Å². The third-order valence-electron chi connectivity index (χ3n) is 2.94. The fourth-order valence-corrected chi connectivity index (χ4v) is 2.77. The minimum Gasteiger partial charge on any atom is -0.396 e. The molecule has 6 heteroatoms. The van der Waals surface area contributed by atoms with E-state index in [-0.39, 0.29) is 23.8 Å². The average molecular weight is 274 g/mol. The molecule has 1 aliphatic heterocycles. The lowest BCUT2D eigenvalue weighted by Crippen LogP contribution is -2.40. The Hall–Kier alpha value is -0.750. The van der Waals surface area contributed by atoms with Crippen molar-refractivity contribution in [3.63, 3.8) is 0 Å². The number of carbonyl (C=O) groups is 2. The first-order valence-electron chi connectivity index (χ1n) is 6.38. The van der Waals surface area contributed by atoms with Gasteiger partial charge in [0.2, 0.25) is 5.91 Å². The summed E-state index contributed by atoms with van der Waals surface area (Å²) in [7, 11) is 0. The van der Waals surface area contributed by atoms with Gasteiger partial charge >= 0.3 is 0 Å². The van der Waals surface area contributed by atoms with E-state index in [9.17, 15) is 9.59 Å². The maximum Gasteiger partial charge on any atom is 0.281 e. The van der Waals surface area contributed by atoms with E-state index < -0.39 is 0 Å². The quantitative estimate of drug-likeness (QED) is 0.757. The molecule has 1 fully saturated rings. The predicted molar refractivity (Wildman–Crippen MR) is 72.6 cm³/mol. The van der Waals surface area contributed by atoms with E-state index in [4.69, 9.17) is 5.11 Å². The fraction of sp³-hybridized carbons (Fsp3) is 0.833. The van der Waals surface area contributed by atoms with E-state index in [1.54, 1.807) is 9.80 Å². The molecule has 0 unspecified atom stereocenters. The standard InChI is InChI=1S/C12H22N2O3S/c1-10(2)14(5-3-8-15)11(16)4-6-13-7-9-18-12(13)17/h10,15H,3-9H2,1-2H3. The van der Waals surface area contributed by atoms with Crippen molar-refractivity contribution >= 4 is 22.9 Å². The van der Waals surface area contributed by atoms with Crippen LogP contribution in [0.3, 0.4) is 0 Å². The smallest absolute Gasteiger partial charge is 0.281 e. The number of aliphatic hydroxyl groups excluding tert-OH is 1. The van der Waals surface area contributed by atoms with Gasteiger partial charge in [-0.25, -0.2) is 0 Å². The highest BCUT2D eigenvalue weighted by Crippen LogP contribution is 2.17. The fourth-order valence-electron chi connectivity index (χ4n) is 1.91. The number of hydrogen-bond acceptors (Lipinski definition) is 4. The van der Waals surface area contributed by atoms with Gasteiger partial charge < -0.3 is 14.9 Å².